The molecule has 0 bridgehead atoms. The molecule has 3 aromatic rings. The fraction of sp³-hybridized carbons (Fsp3) is 0.333. The molecule has 0 atom stereocenters. The lowest BCUT2D eigenvalue weighted by Crippen LogP contribution is -2.05. The number of ether oxygens (including phenoxy) is 1. The van der Waals surface area contributed by atoms with Crippen molar-refractivity contribution in [3.63, 3.8) is 0 Å². The summed E-state index contributed by atoms with van der Waals surface area (Å²) in [6.07, 6.45) is 0.593. The van der Waals surface area contributed by atoms with Gasteiger partial charge in [0, 0.05) is 19.1 Å². The zero-order chi connectivity index (χ0) is 17.1. The van der Waals surface area contributed by atoms with Crippen LogP contribution in [-0.4, -0.2) is 38.6 Å². The third kappa shape index (κ3) is 3.75. The Balaban J connectivity index is 1.86. The van der Waals surface area contributed by atoms with Crippen LogP contribution in [0.3, 0.4) is 0 Å². The molecule has 0 aliphatic rings. The van der Waals surface area contributed by atoms with Gasteiger partial charge in [-0.3, -0.25) is 0 Å². The van der Waals surface area contributed by atoms with E-state index in [1.165, 1.54) is 0 Å². The van der Waals surface area contributed by atoms with E-state index in [4.69, 9.17) is 32.5 Å². The molecule has 0 fully saturated rings. The molecular weight excluding hydrogens is 353 g/mol. The van der Waals surface area contributed by atoms with Gasteiger partial charge in [-0.25, -0.2) is 9.67 Å². The highest BCUT2D eigenvalue weighted by atomic mass is 35.5. The van der Waals surface area contributed by atoms with Crippen molar-refractivity contribution < 1.29 is 9.26 Å². The highest BCUT2D eigenvalue weighted by molar-refractivity contribution is 6.42. The van der Waals surface area contributed by atoms with Gasteiger partial charge in [-0.1, -0.05) is 28.4 Å². The number of nitrogens with zero attached hydrogens (tertiary/aromatic N) is 5. The van der Waals surface area contributed by atoms with Crippen LogP contribution < -0.4 is 0 Å². The summed E-state index contributed by atoms with van der Waals surface area (Å²) >= 11 is 12.1. The molecule has 0 saturated heterocycles. The largest absolute Gasteiger partial charge is 0.384 e. The number of benzene rings is 1. The molecule has 3 rings (SSSR count). The van der Waals surface area contributed by atoms with Crippen LogP contribution >= 0.6 is 23.2 Å². The van der Waals surface area contributed by atoms with Gasteiger partial charge in [0.15, 0.2) is 11.6 Å². The molecule has 1 aromatic carbocycles. The summed E-state index contributed by atoms with van der Waals surface area (Å²) in [7, 11) is 1.63. The van der Waals surface area contributed by atoms with Crippen LogP contribution in [-0.2, 0) is 17.7 Å². The van der Waals surface area contributed by atoms with Crippen LogP contribution in [0.2, 0.25) is 10.0 Å². The Hall–Kier alpha value is -1.96. The van der Waals surface area contributed by atoms with Gasteiger partial charge in [-0.15, -0.1) is 0 Å². The number of hydrogen-bond acceptors (Lipinski definition) is 6. The summed E-state index contributed by atoms with van der Waals surface area (Å²) in [5.74, 6) is 2.34. The Kier molecular flexibility index (Phi) is 5.13. The Labute approximate surface area is 148 Å². The van der Waals surface area contributed by atoms with Crippen molar-refractivity contribution >= 4 is 23.2 Å². The van der Waals surface area contributed by atoms with E-state index >= 15 is 0 Å². The smallest absolute Gasteiger partial charge is 0.248 e. The SMILES string of the molecule is COCCc1noc(Cn2nc(C)nc2-c2ccc(Cl)c(Cl)c2)n1. The molecule has 7 nitrogen and oxygen atoms in total. The van der Waals surface area contributed by atoms with E-state index in [9.17, 15) is 0 Å². The van der Waals surface area contributed by atoms with Gasteiger partial charge >= 0.3 is 0 Å². The van der Waals surface area contributed by atoms with Crippen LogP contribution in [0, 0.1) is 6.92 Å². The Morgan fingerprint density at radius 2 is 2.04 bits per heavy atom. The summed E-state index contributed by atoms with van der Waals surface area (Å²) in [4.78, 5) is 8.77. The fourth-order valence-electron chi connectivity index (χ4n) is 2.19. The van der Waals surface area contributed by atoms with E-state index < -0.39 is 0 Å². The summed E-state index contributed by atoms with van der Waals surface area (Å²) in [5.41, 5.74) is 0.809. The van der Waals surface area contributed by atoms with E-state index in [0.717, 1.165) is 5.56 Å². The first kappa shape index (κ1) is 16.9. The van der Waals surface area contributed by atoms with Crippen molar-refractivity contribution in [2.75, 3.05) is 13.7 Å². The average Bonchev–Trinajstić information content (AvgIpc) is 3.15. The van der Waals surface area contributed by atoms with E-state index in [-0.39, 0.29) is 0 Å². The van der Waals surface area contributed by atoms with Crippen molar-refractivity contribution in [1.29, 1.82) is 0 Å². The maximum absolute atomic E-state index is 6.09. The third-order valence-corrected chi connectivity index (χ3v) is 4.02. The Morgan fingerprint density at radius 1 is 1.21 bits per heavy atom. The quantitative estimate of drug-likeness (QED) is 0.665. The van der Waals surface area contributed by atoms with Crippen LogP contribution in [0.5, 0.6) is 0 Å². The number of methoxy groups -OCH3 is 1. The molecule has 0 aliphatic carbocycles. The molecular formula is C15H15Cl2N5O2. The number of hydrogen-bond donors (Lipinski definition) is 0. The number of rotatable bonds is 6. The molecule has 126 valence electrons. The van der Waals surface area contributed by atoms with Crippen molar-refractivity contribution in [2.24, 2.45) is 0 Å². The highest BCUT2D eigenvalue weighted by Gasteiger charge is 2.15. The molecule has 2 heterocycles. The van der Waals surface area contributed by atoms with Crippen molar-refractivity contribution in [2.45, 2.75) is 19.9 Å². The summed E-state index contributed by atoms with van der Waals surface area (Å²) in [5, 5.41) is 9.25. The maximum atomic E-state index is 6.09. The minimum atomic E-state index is 0.316. The van der Waals surface area contributed by atoms with Gasteiger partial charge in [0.05, 0.1) is 16.7 Å². The van der Waals surface area contributed by atoms with Gasteiger partial charge < -0.3 is 9.26 Å². The van der Waals surface area contributed by atoms with Crippen LogP contribution in [0.15, 0.2) is 22.7 Å². The second-order valence-corrected chi connectivity index (χ2v) is 5.93. The molecule has 9 heteroatoms. The predicted octanol–water partition coefficient (Wildman–Crippen LogP) is 3.18. The zero-order valence-electron chi connectivity index (χ0n) is 13.2. The molecule has 0 amide bonds. The van der Waals surface area contributed by atoms with Crippen LogP contribution in [0.1, 0.15) is 17.5 Å². The van der Waals surface area contributed by atoms with Crippen molar-refractivity contribution in [3.05, 3.63) is 45.8 Å². The fourth-order valence-corrected chi connectivity index (χ4v) is 2.49. The van der Waals surface area contributed by atoms with Crippen LogP contribution in [0.25, 0.3) is 11.4 Å². The van der Waals surface area contributed by atoms with Crippen LogP contribution in [0.4, 0.5) is 0 Å². The van der Waals surface area contributed by atoms with Gasteiger partial charge in [-0.2, -0.15) is 10.1 Å². The van der Waals surface area contributed by atoms with Gasteiger partial charge in [0.25, 0.3) is 0 Å². The van der Waals surface area contributed by atoms with Gasteiger partial charge in [0.1, 0.15) is 12.4 Å². The lowest BCUT2D eigenvalue weighted by atomic mass is 10.2. The summed E-state index contributed by atoms with van der Waals surface area (Å²) in [6, 6.07) is 5.32. The maximum Gasteiger partial charge on any atom is 0.248 e. The minimum absolute atomic E-state index is 0.316. The Bertz CT molecular complexity index is 846. The van der Waals surface area contributed by atoms with E-state index in [1.54, 1.807) is 23.9 Å². The normalized spacial score (nSPS) is 11.2. The zero-order valence-corrected chi connectivity index (χ0v) is 14.7. The first-order valence-electron chi connectivity index (χ1n) is 7.24. The third-order valence-electron chi connectivity index (χ3n) is 3.28. The average molecular weight is 368 g/mol. The summed E-state index contributed by atoms with van der Waals surface area (Å²) in [6.45, 7) is 2.67. The molecule has 0 saturated carbocycles. The molecule has 0 aliphatic heterocycles. The molecule has 0 N–H and O–H groups in total. The molecule has 0 spiro atoms. The van der Waals surface area contributed by atoms with E-state index in [2.05, 4.69) is 20.2 Å². The molecule has 24 heavy (non-hydrogen) atoms. The molecule has 2 aromatic heterocycles. The topological polar surface area (TPSA) is 78.9 Å². The van der Waals surface area contributed by atoms with Gasteiger partial charge in [-0.05, 0) is 25.1 Å². The monoisotopic (exact) mass is 367 g/mol. The first-order chi connectivity index (χ1) is 11.6. The first-order valence-corrected chi connectivity index (χ1v) is 7.99. The summed E-state index contributed by atoms with van der Waals surface area (Å²) < 4.78 is 12.0. The Morgan fingerprint density at radius 3 is 2.79 bits per heavy atom. The number of aryl methyl sites for hydroxylation is 1. The predicted molar refractivity (Wildman–Crippen MR) is 89.2 cm³/mol. The van der Waals surface area contributed by atoms with Crippen molar-refractivity contribution in [1.82, 2.24) is 24.9 Å². The number of aromatic nitrogens is 5. The second-order valence-electron chi connectivity index (χ2n) is 5.12. The second kappa shape index (κ2) is 7.29. The van der Waals surface area contributed by atoms with Crippen molar-refractivity contribution in [3.8, 4) is 11.4 Å². The highest BCUT2D eigenvalue weighted by Crippen LogP contribution is 2.27. The lowest BCUT2D eigenvalue weighted by Gasteiger charge is -2.04. The standard InChI is InChI=1S/C15H15Cl2N5O2/c1-9-18-15(10-3-4-11(16)12(17)7-10)22(20-9)8-14-19-13(21-24-14)5-6-23-2/h3-4,7H,5-6,8H2,1-2H3. The van der Waals surface area contributed by atoms with E-state index in [0.29, 0.717) is 53.0 Å². The number of halogens is 2. The lowest BCUT2D eigenvalue weighted by molar-refractivity contribution is 0.199. The molecule has 0 radical (unpaired) electrons. The van der Waals surface area contributed by atoms with E-state index in [1.807, 2.05) is 13.0 Å². The molecule has 0 unspecified atom stereocenters. The van der Waals surface area contributed by atoms with Gasteiger partial charge in [0.2, 0.25) is 5.89 Å². The minimum Gasteiger partial charge on any atom is -0.384 e.